The van der Waals surface area contributed by atoms with Crippen LogP contribution >= 0.6 is 46.6 Å². The molecule has 0 bridgehead atoms. The highest BCUT2D eigenvalue weighted by Gasteiger charge is 2.27. The minimum Gasteiger partial charge on any atom is -0.272 e. The molecule has 0 saturated heterocycles. The Morgan fingerprint density at radius 3 is 2.39 bits per heavy atom. The summed E-state index contributed by atoms with van der Waals surface area (Å²) in [5, 5.41) is 9.95. The number of sulfonamides is 1. The number of benzene rings is 3. The molecule has 3 aromatic carbocycles. The van der Waals surface area contributed by atoms with E-state index in [0.29, 0.717) is 27.4 Å². The number of rotatable bonds is 8. The molecule has 1 aromatic heterocycles. The second-order valence-electron chi connectivity index (χ2n) is 7.94. The Kier molecular flexibility index (Phi) is 8.28. The molecule has 1 atom stereocenters. The Morgan fingerprint density at radius 1 is 1.00 bits per heavy atom. The number of halogens is 4. The molecule has 0 radical (unpaired) electrons. The van der Waals surface area contributed by atoms with Gasteiger partial charge in [0.1, 0.15) is 10.7 Å². The third-order valence-electron chi connectivity index (χ3n) is 5.25. The van der Waals surface area contributed by atoms with Crippen LogP contribution in [0.2, 0.25) is 15.1 Å². The smallest absolute Gasteiger partial charge is 0.242 e. The normalized spacial score (nSPS) is 12.6. The van der Waals surface area contributed by atoms with Crippen LogP contribution in [-0.2, 0) is 15.8 Å². The first kappa shape index (κ1) is 26.9. The lowest BCUT2D eigenvalue weighted by molar-refractivity contribution is 0.556. The van der Waals surface area contributed by atoms with Gasteiger partial charge in [0, 0.05) is 15.8 Å². The fourth-order valence-electron chi connectivity index (χ4n) is 3.47. The predicted molar refractivity (Wildman–Crippen MR) is 142 cm³/mol. The monoisotopic (exact) mass is 584 g/mol. The van der Waals surface area contributed by atoms with Gasteiger partial charge >= 0.3 is 0 Å². The van der Waals surface area contributed by atoms with Gasteiger partial charge in [-0.25, -0.2) is 17.5 Å². The zero-order chi connectivity index (χ0) is 26.0. The van der Waals surface area contributed by atoms with Crippen LogP contribution in [0.25, 0.3) is 5.69 Å². The summed E-state index contributed by atoms with van der Waals surface area (Å²) >= 11 is 19.8. The minimum absolute atomic E-state index is 0.0433. The van der Waals surface area contributed by atoms with Crippen LogP contribution in [0.1, 0.15) is 29.9 Å². The summed E-state index contributed by atoms with van der Waals surface area (Å²) in [5.74, 6) is 0.532. The van der Waals surface area contributed by atoms with E-state index in [4.69, 9.17) is 34.8 Å². The van der Waals surface area contributed by atoms with Gasteiger partial charge in [-0.15, -0.1) is 10.2 Å². The van der Waals surface area contributed by atoms with Gasteiger partial charge in [-0.1, -0.05) is 64.8 Å². The average Bonchev–Trinajstić information content (AvgIpc) is 3.25. The lowest BCUT2D eigenvalue weighted by atomic mass is 10.2. The largest absolute Gasteiger partial charge is 0.272 e. The molecule has 4 rings (SSSR count). The van der Waals surface area contributed by atoms with Gasteiger partial charge in [-0.05, 0) is 67.4 Å². The first-order chi connectivity index (χ1) is 17.0. The molecule has 188 valence electrons. The molecule has 36 heavy (non-hydrogen) atoms. The number of nitrogens with one attached hydrogen (secondary N) is 1. The zero-order valence-corrected chi connectivity index (χ0v) is 22.9. The summed E-state index contributed by atoms with van der Waals surface area (Å²) in [7, 11) is -4.04. The molecule has 12 heteroatoms. The van der Waals surface area contributed by atoms with Gasteiger partial charge in [0.15, 0.2) is 11.0 Å². The first-order valence-corrected chi connectivity index (χ1v) is 14.2. The van der Waals surface area contributed by atoms with E-state index >= 15 is 0 Å². The first-order valence-electron chi connectivity index (χ1n) is 10.6. The number of thioether (sulfide) groups is 1. The molecule has 0 fully saturated rings. The Labute approximate surface area is 227 Å². The van der Waals surface area contributed by atoms with Gasteiger partial charge < -0.3 is 0 Å². The van der Waals surface area contributed by atoms with E-state index in [2.05, 4.69) is 14.9 Å². The fourth-order valence-corrected chi connectivity index (χ4v) is 6.50. The number of nitrogens with zero attached hydrogens (tertiary/aromatic N) is 3. The summed E-state index contributed by atoms with van der Waals surface area (Å²) in [5.41, 5.74) is 2.48. The van der Waals surface area contributed by atoms with Crippen molar-refractivity contribution in [1.82, 2.24) is 19.5 Å². The second kappa shape index (κ2) is 11.1. The van der Waals surface area contributed by atoms with Gasteiger partial charge in [-0.3, -0.25) is 4.57 Å². The summed E-state index contributed by atoms with van der Waals surface area (Å²) in [6, 6.07) is 15.0. The molecule has 1 unspecified atom stereocenters. The molecular weight excluding hydrogens is 566 g/mol. The van der Waals surface area contributed by atoms with Crippen molar-refractivity contribution in [3.05, 3.63) is 98.5 Å². The van der Waals surface area contributed by atoms with Crippen LogP contribution in [0.3, 0.4) is 0 Å². The Bertz CT molecular complexity index is 1510. The molecule has 1 heterocycles. The Hall–Kier alpha value is -2.14. The van der Waals surface area contributed by atoms with Crippen molar-refractivity contribution >= 4 is 56.6 Å². The van der Waals surface area contributed by atoms with E-state index in [-0.39, 0.29) is 20.8 Å². The molecule has 0 amide bonds. The van der Waals surface area contributed by atoms with Crippen molar-refractivity contribution in [3.8, 4) is 5.69 Å². The van der Waals surface area contributed by atoms with E-state index in [1.54, 1.807) is 35.8 Å². The maximum absolute atomic E-state index is 13.3. The molecular formula is C24H20Cl3FN4O2S2. The van der Waals surface area contributed by atoms with Crippen LogP contribution in [0, 0.1) is 12.7 Å². The van der Waals surface area contributed by atoms with Crippen LogP contribution in [-0.4, -0.2) is 23.2 Å². The molecule has 1 N–H and O–H groups in total. The number of hydrogen-bond acceptors (Lipinski definition) is 5. The average molecular weight is 586 g/mol. The third-order valence-corrected chi connectivity index (χ3v) is 8.75. The minimum atomic E-state index is -4.04. The Balaban J connectivity index is 1.72. The van der Waals surface area contributed by atoms with Gasteiger partial charge in [0.2, 0.25) is 10.0 Å². The van der Waals surface area contributed by atoms with Crippen LogP contribution in [0.5, 0.6) is 0 Å². The highest BCUT2D eigenvalue weighted by molar-refractivity contribution is 7.98. The zero-order valence-electron chi connectivity index (χ0n) is 19.0. The van der Waals surface area contributed by atoms with E-state index in [1.165, 1.54) is 42.1 Å². The molecule has 4 aromatic rings. The maximum atomic E-state index is 13.3. The highest BCUT2D eigenvalue weighted by Crippen LogP contribution is 2.32. The number of hydrogen-bond donors (Lipinski definition) is 1. The molecule has 0 saturated carbocycles. The van der Waals surface area contributed by atoms with Crippen LogP contribution < -0.4 is 4.72 Å². The number of aromatic nitrogens is 3. The van der Waals surface area contributed by atoms with Gasteiger partial charge in [-0.2, -0.15) is 0 Å². The quantitative estimate of drug-likeness (QED) is 0.225. The van der Waals surface area contributed by atoms with Crippen molar-refractivity contribution in [2.75, 3.05) is 0 Å². The highest BCUT2D eigenvalue weighted by atomic mass is 35.5. The Morgan fingerprint density at radius 2 is 1.67 bits per heavy atom. The SMILES string of the molecule is Cc1ccc(Cl)cc1-n1c(SCc2ccc(F)cc2)nnc1C(C)NS(=O)(=O)c1cc(Cl)ccc1Cl. The fraction of sp³-hybridized carbons (Fsp3) is 0.167. The lowest BCUT2D eigenvalue weighted by Crippen LogP contribution is -2.29. The predicted octanol–water partition coefficient (Wildman–Crippen LogP) is 7.01. The summed E-state index contributed by atoms with van der Waals surface area (Å²) < 4.78 is 43.9. The summed E-state index contributed by atoms with van der Waals surface area (Å²) in [6.07, 6.45) is 0. The summed E-state index contributed by atoms with van der Waals surface area (Å²) in [6.45, 7) is 3.56. The van der Waals surface area contributed by atoms with Crippen molar-refractivity contribution < 1.29 is 12.8 Å². The maximum Gasteiger partial charge on any atom is 0.242 e. The molecule has 6 nitrogen and oxygen atoms in total. The number of aryl methyl sites for hydroxylation is 1. The standard InChI is InChI=1S/C24H20Cl3FN4O2S2/c1-14-3-6-17(25)11-21(14)32-23(29-30-24(32)35-13-16-4-8-19(28)9-5-16)15(2)31-36(33,34)22-12-18(26)7-10-20(22)27/h3-12,15,31H,13H2,1-2H3. The molecule has 0 aliphatic rings. The molecule has 0 spiro atoms. The van der Waals surface area contributed by atoms with Gasteiger partial charge in [0.25, 0.3) is 0 Å². The second-order valence-corrected chi connectivity index (χ2v) is 11.8. The molecule has 0 aliphatic heterocycles. The van der Waals surface area contributed by atoms with E-state index in [9.17, 15) is 12.8 Å². The summed E-state index contributed by atoms with van der Waals surface area (Å²) in [4.78, 5) is -0.139. The third kappa shape index (κ3) is 6.04. The van der Waals surface area contributed by atoms with Crippen molar-refractivity contribution in [3.63, 3.8) is 0 Å². The van der Waals surface area contributed by atoms with Gasteiger partial charge in [0.05, 0.1) is 16.8 Å². The lowest BCUT2D eigenvalue weighted by Gasteiger charge is -2.18. The van der Waals surface area contributed by atoms with E-state index < -0.39 is 16.1 Å². The van der Waals surface area contributed by atoms with Crippen molar-refractivity contribution in [2.24, 2.45) is 0 Å². The van der Waals surface area contributed by atoms with E-state index in [1.807, 2.05) is 13.0 Å². The van der Waals surface area contributed by atoms with Crippen LogP contribution in [0.4, 0.5) is 4.39 Å². The van der Waals surface area contributed by atoms with Crippen molar-refractivity contribution in [1.29, 1.82) is 0 Å². The van der Waals surface area contributed by atoms with Crippen LogP contribution in [0.15, 0.2) is 70.7 Å². The molecule has 0 aliphatic carbocycles. The topological polar surface area (TPSA) is 76.9 Å². The van der Waals surface area contributed by atoms with Crippen molar-refractivity contribution in [2.45, 2.75) is 35.7 Å². The van der Waals surface area contributed by atoms with E-state index in [0.717, 1.165) is 11.1 Å².